The summed E-state index contributed by atoms with van der Waals surface area (Å²) in [5, 5.41) is 0. The third-order valence-electron chi connectivity index (χ3n) is 5.24. The first-order chi connectivity index (χ1) is 14.3. The third-order valence-corrected chi connectivity index (χ3v) is 5.24. The first-order valence-electron chi connectivity index (χ1n) is 8.88. The van der Waals surface area contributed by atoms with E-state index in [4.69, 9.17) is 0 Å². The highest BCUT2D eigenvalue weighted by molar-refractivity contribution is 6.99. The van der Waals surface area contributed by atoms with Gasteiger partial charge in [0.15, 0.2) is 0 Å². The van der Waals surface area contributed by atoms with Crippen molar-refractivity contribution < 1.29 is 39.5 Å². The molecule has 3 aromatic carbocycles. The molecule has 0 unspecified atom stereocenters. The van der Waals surface area contributed by atoms with E-state index in [0.29, 0.717) is 11.1 Å². The minimum Gasteiger partial charge on any atom is -0.166 e. The molecule has 1 heterocycles. The molecule has 0 saturated carbocycles. The van der Waals surface area contributed by atoms with E-state index in [9.17, 15) is 39.5 Å². The lowest BCUT2D eigenvalue weighted by Crippen LogP contribution is -2.54. The number of fused-ring (bicyclic) bond motifs is 3. The molecule has 0 aliphatic carbocycles. The Hall–Kier alpha value is -2.91. The van der Waals surface area contributed by atoms with E-state index in [0.717, 1.165) is 0 Å². The molecule has 0 radical (unpaired) electrons. The maximum absolute atomic E-state index is 13.9. The van der Waals surface area contributed by atoms with Gasteiger partial charge in [-0.1, -0.05) is 59.5 Å². The molecule has 31 heavy (non-hydrogen) atoms. The molecule has 0 nitrogen and oxygen atoms in total. The van der Waals surface area contributed by atoms with E-state index in [1.54, 1.807) is 24.3 Å². The molecule has 0 fully saturated rings. The van der Waals surface area contributed by atoms with Crippen LogP contribution in [0.4, 0.5) is 39.5 Å². The van der Waals surface area contributed by atoms with Crippen LogP contribution in [-0.4, -0.2) is 6.71 Å². The van der Waals surface area contributed by atoms with Crippen molar-refractivity contribution in [2.75, 3.05) is 0 Å². The van der Waals surface area contributed by atoms with Gasteiger partial charge in [-0.15, -0.1) is 0 Å². The van der Waals surface area contributed by atoms with Crippen molar-refractivity contribution in [2.24, 2.45) is 0 Å². The van der Waals surface area contributed by atoms with Gasteiger partial charge in [0.1, 0.15) is 0 Å². The van der Waals surface area contributed by atoms with Crippen molar-refractivity contribution in [2.45, 2.75) is 18.5 Å². The van der Waals surface area contributed by atoms with Gasteiger partial charge in [-0.3, -0.25) is 0 Å². The number of alkyl halides is 9. The number of hydrogen-bond acceptors (Lipinski definition) is 0. The van der Waals surface area contributed by atoms with Crippen LogP contribution in [0.15, 0.2) is 60.7 Å². The van der Waals surface area contributed by atoms with E-state index >= 15 is 0 Å². The van der Waals surface area contributed by atoms with Crippen LogP contribution in [0.5, 0.6) is 0 Å². The lowest BCUT2D eigenvalue weighted by molar-refractivity contribution is -0.147. The molecule has 0 N–H and O–H groups in total. The average Bonchev–Trinajstić information content (AvgIpc) is 2.99. The number of rotatable bonds is 1. The molecule has 0 amide bonds. The molecule has 1 aliphatic heterocycles. The van der Waals surface area contributed by atoms with Gasteiger partial charge >= 0.3 is 18.5 Å². The topological polar surface area (TPSA) is 0 Å². The molecule has 0 spiro atoms. The van der Waals surface area contributed by atoms with Crippen molar-refractivity contribution >= 4 is 23.1 Å². The maximum Gasteiger partial charge on any atom is 0.416 e. The van der Waals surface area contributed by atoms with Crippen LogP contribution in [0.3, 0.4) is 0 Å². The molecule has 3 aromatic rings. The van der Waals surface area contributed by atoms with Crippen molar-refractivity contribution in [3.8, 4) is 11.1 Å². The minimum absolute atomic E-state index is 0.166. The molecule has 160 valence electrons. The second kappa shape index (κ2) is 6.80. The quantitative estimate of drug-likeness (QED) is 0.279. The average molecular weight is 444 g/mol. The Morgan fingerprint density at radius 3 is 1.26 bits per heavy atom. The van der Waals surface area contributed by atoms with E-state index in [2.05, 4.69) is 0 Å². The lowest BCUT2D eigenvalue weighted by atomic mass is 9.37. The summed E-state index contributed by atoms with van der Waals surface area (Å²) >= 11 is 0. The van der Waals surface area contributed by atoms with E-state index in [-0.39, 0.29) is 23.1 Å². The van der Waals surface area contributed by atoms with Crippen molar-refractivity contribution in [3.63, 3.8) is 0 Å². The van der Waals surface area contributed by atoms with Crippen LogP contribution in [-0.2, 0) is 18.5 Å². The van der Waals surface area contributed by atoms with Gasteiger partial charge < -0.3 is 0 Å². The molecule has 0 atom stereocenters. The van der Waals surface area contributed by atoms with Gasteiger partial charge in [0.2, 0.25) is 6.71 Å². The van der Waals surface area contributed by atoms with Gasteiger partial charge in [-0.05, 0) is 28.7 Å². The highest BCUT2D eigenvalue weighted by Crippen LogP contribution is 2.40. The second-order valence-electron chi connectivity index (χ2n) is 7.09. The summed E-state index contributed by atoms with van der Waals surface area (Å²) in [6.45, 7) is -1.53. The van der Waals surface area contributed by atoms with Gasteiger partial charge in [0, 0.05) is 0 Å². The third kappa shape index (κ3) is 3.57. The summed E-state index contributed by atoms with van der Waals surface area (Å²) in [6, 6.07) is 11.5. The Morgan fingerprint density at radius 1 is 0.516 bits per heavy atom. The Bertz CT molecular complexity index is 1080. The standard InChI is InChI=1S/C21H10BF9/c23-19(24,25)11-9-14(20(26,27)28)18(15(10-11)21(29,30)31)22-16-7-3-1-5-12(16)13-6-2-4-8-17(13)22/h1-10H. The number of halogens is 9. The molecule has 0 bridgehead atoms. The molecular weight excluding hydrogens is 434 g/mol. The summed E-state index contributed by atoms with van der Waals surface area (Å²) in [6.07, 6.45) is -16.3. The van der Waals surface area contributed by atoms with Gasteiger partial charge in [-0.25, -0.2) is 0 Å². The predicted octanol–water partition coefficient (Wildman–Crippen LogP) is 5.24. The van der Waals surface area contributed by atoms with Gasteiger partial charge in [0.05, 0.1) is 16.7 Å². The van der Waals surface area contributed by atoms with Crippen molar-refractivity contribution in [3.05, 3.63) is 77.4 Å². The van der Waals surface area contributed by atoms with E-state index < -0.39 is 47.4 Å². The highest BCUT2D eigenvalue weighted by Gasteiger charge is 2.49. The summed E-state index contributed by atoms with van der Waals surface area (Å²) in [4.78, 5) is 0. The Morgan fingerprint density at radius 2 is 0.903 bits per heavy atom. The molecular formula is C21H10BF9. The summed E-state index contributed by atoms with van der Waals surface area (Å²) < 4.78 is 123. The molecule has 10 heteroatoms. The minimum atomic E-state index is -5.44. The SMILES string of the molecule is FC(F)(F)c1cc(C(F)(F)F)c(B2c3ccccc3-c3ccccc32)c(C(F)(F)F)c1. The van der Waals surface area contributed by atoms with Gasteiger partial charge in [-0.2, -0.15) is 39.5 Å². The van der Waals surface area contributed by atoms with Crippen LogP contribution >= 0.6 is 0 Å². The first-order valence-corrected chi connectivity index (χ1v) is 8.88. The van der Waals surface area contributed by atoms with E-state index in [1.807, 2.05) is 0 Å². The summed E-state index contributed by atoms with van der Waals surface area (Å²) in [5.41, 5.74) is -5.94. The molecule has 0 saturated heterocycles. The Kier molecular flexibility index (Phi) is 4.68. The summed E-state index contributed by atoms with van der Waals surface area (Å²) in [5.74, 6) is 0. The monoisotopic (exact) mass is 444 g/mol. The fourth-order valence-corrected chi connectivity index (χ4v) is 4.06. The van der Waals surface area contributed by atoms with Crippen molar-refractivity contribution in [1.82, 2.24) is 0 Å². The Balaban J connectivity index is 2.14. The fraction of sp³-hybridized carbons (Fsp3) is 0.143. The normalized spacial score (nSPS) is 13.9. The van der Waals surface area contributed by atoms with E-state index in [1.165, 1.54) is 24.3 Å². The fourth-order valence-electron chi connectivity index (χ4n) is 4.06. The predicted molar refractivity (Wildman–Crippen MR) is 98.0 cm³/mol. The zero-order valence-electron chi connectivity index (χ0n) is 15.3. The van der Waals surface area contributed by atoms with Crippen LogP contribution < -0.4 is 16.4 Å². The van der Waals surface area contributed by atoms with Crippen molar-refractivity contribution in [1.29, 1.82) is 0 Å². The van der Waals surface area contributed by atoms with Crippen LogP contribution in [0.2, 0.25) is 0 Å². The molecule has 0 aromatic heterocycles. The zero-order chi connectivity index (χ0) is 22.8. The largest absolute Gasteiger partial charge is 0.416 e. The van der Waals surface area contributed by atoms with Crippen LogP contribution in [0, 0.1) is 0 Å². The van der Waals surface area contributed by atoms with Gasteiger partial charge in [0.25, 0.3) is 0 Å². The van der Waals surface area contributed by atoms with Crippen LogP contribution in [0.1, 0.15) is 16.7 Å². The highest BCUT2D eigenvalue weighted by atomic mass is 19.4. The zero-order valence-corrected chi connectivity index (χ0v) is 15.3. The van der Waals surface area contributed by atoms with Crippen LogP contribution in [0.25, 0.3) is 11.1 Å². The summed E-state index contributed by atoms with van der Waals surface area (Å²) in [7, 11) is 0. The Labute approximate surface area is 170 Å². The molecule has 1 aliphatic rings. The first kappa shape index (κ1) is 21.3. The second-order valence-corrected chi connectivity index (χ2v) is 7.09. The number of hydrogen-bond donors (Lipinski definition) is 0. The maximum atomic E-state index is 13.9. The number of benzene rings is 3. The molecule has 4 rings (SSSR count). The smallest absolute Gasteiger partial charge is 0.166 e. The lowest BCUT2D eigenvalue weighted by Gasteiger charge is -2.24.